The normalized spacial score (nSPS) is 27.8. The van der Waals surface area contributed by atoms with Crippen molar-refractivity contribution in [2.45, 2.75) is 58.1 Å². The molecule has 1 aliphatic heterocycles. The number of amides is 1. The summed E-state index contributed by atoms with van der Waals surface area (Å²) in [6.07, 6.45) is 4.28. The fourth-order valence-corrected chi connectivity index (χ4v) is 2.82. The van der Waals surface area contributed by atoms with Crippen molar-refractivity contribution in [3.8, 4) is 0 Å². The minimum Gasteiger partial charge on any atom is -0.444 e. The zero-order valence-electron chi connectivity index (χ0n) is 11.2. The fraction of sp³-hybridized carbons (Fsp3) is 0.923. The standard InChI is InChI=1S/C13H24N2O2/c1-12(2,3)17-11(16)15-8-5-10(14)13(9-15)6-4-7-13/h10H,4-9,14H2,1-3H3. The minimum absolute atomic E-state index is 0.185. The molecule has 4 nitrogen and oxygen atoms in total. The highest BCUT2D eigenvalue weighted by atomic mass is 16.6. The Morgan fingerprint density at radius 1 is 1.41 bits per heavy atom. The van der Waals surface area contributed by atoms with Crippen molar-refractivity contribution >= 4 is 6.09 Å². The molecule has 0 radical (unpaired) electrons. The maximum Gasteiger partial charge on any atom is 0.410 e. The molecule has 1 aliphatic carbocycles. The van der Waals surface area contributed by atoms with Crippen molar-refractivity contribution in [1.29, 1.82) is 0 Å². The van der Waals surface area contributed by atoms with Crippen molar-refractivity contribution in [1.82, 2.24) is 4.90 Å². The second kappa shape index (κ2) is 4.16. The predicted octanol–water partition coefficient (Wildman–Crippen LogP) is 2.12. The summed E-state index contributed by atoms with van der Waals surface area (Å²) in [5, 5.41) is 0. The number of carbonyl (C=O) groups is 1. The van der Waals surface area contributed by atoms with Gasteiger partial charge in [0.1, 0.15) is 5.60 Å². The van der Waals surface area contributed by atoms with Gasteiger partial charge in [0.25, 0.3) is 0 Å². The van der Waals surface area contributed by atoms with Crippen LogP contribution in [-0.2, 0) is 4.74 Å². The monoisotopic (exact) mass is 240 g/mol. The molecule has 4 heteroatoms. The molecule has 0 aromatic heterocycles. The molecule has 1 amide bonds. The van der Waals surface area contributed by atoms with Gasteiger partial charge in [-0.05, 0) is 40.0 Å². The third-order valence-corrected chi connectivity index (χ3v) is 4.00. The molecule has 2 fully saturated rings. The van der Waals surface area contributed by atoms with E-state index in [1.807, 2.05) is 25.7 Å². The van der Waals surface area contributed by atoms with E-state index in [4.69, 9.17) is 10.5 Å². The summed E-state index contributed by atoms with van der Waals surface area (Å²) in [7, 11) is 0. The summed E-state index contributed by atoms with van der Waals surface area (Å²) in [5.74, 6) is 0. The maximum absolute atomic E-state index is 12.0. The van der Waals surface area contributed by atoms with E-state index in [0.29, 0.717) is 0 Å². The number of hydrogen-bond acceptors (Lipinski definition) is 3. The van der Waals surface area contributed by atoms with E-state index < -0.39 is 5.60 Å². The summed E-state index contributed by atoms with van der Waals surface area (Å²) >= 11 is 0. The van der Waals surface area contributed by atoms with Crippen LogP contribution in [0.25, 0.3) is 0 Å². The molecule has 17 heavy (non-hydrogen) atoms. The Labute approximate surface area is 103 Å². The number of nitrogens with two attached hydrogens (primary N) is 1. The van der Waals surface area contributed by atoms with Gasteiger partial charge in [0, 0.05) is 24.5 Å². The maximum atomic E-state index is 12.0. The van der Waals surface area contributed by atoms with Crippen molar-refractivity contribution in [2.24, 2.45) is 11.1 Å². The quantitative estimate of drug-likeness (QED) is 0.705. The van der Waals surface area contributed by atoms with Crippen molar-refractivity contribution in [3.05, 3.63) is 0 Å². The van der Waals surface area contributed by atoms with E-state index in [0.717, 1.165) is 32.4 Å². The number of ether oxygens (including phenoxy) is 1. The molecule has 0 bridgehead atoms. The Morgan fingerprint density at radius 2 is 2.06 bits per heavy atom. The van der Waals surface area contributed by atoms with E-state index >= 15 is 0 Å². The lowest BCUT2D eigenvalue weighted by molar-refractivity contribution is -0.0246. The van der Waals surface area contributed by atoms with Gasteiger partial charge in [-0.15, -0.1) is 0 Å². The number of hydrogen-bond donors (Lipinski definition) is 1. The van der Waals surface area contributed by atoms with Crippen molar-refractivity contribution < 1.29 is 9.53 Å². The third kappa shape index (κ3) is 2.57. The second-order valence-electron chi connectivity index (χ2n) is 6.51. The van der Waals surface area contributed by atoms with Crippen LogP contribution in [0.15, 0.2) is 0 Å². The van der Waals surface area contributed by atoms with Crippen LogP contribution >= 0.6 is 0 Å². The van der Waals surface area contributed by atoms with E-state index in [1.165, 1.54) is 6.42 Å². The van der Waals surface area contributed by atoms with Crippen molar-refractivity contribution in [3.63, 3.8) is 0 Å². The Hall–Kier alpha value is -0.770. The summed E-state index contributed by atoms with van der Waals surface area (Å²) in [6, 6.07) is 0.259. The van der Waals surface area contributed by atoms with Crippen LogP contribution in [0, 0.1) is 5.41 Å². The zero-order valence-corrected chi connectivity index (χ0v) is 11.2. The van der Waals surface area contributed by atoms with Gasteiger partial charge in [-0.25, -0.2) is 4.79 Å². The molecule has 98 valence electrons. The molecular formula is C13H24N2O2. The van der Waals surface area contributed by atoms with Gasteiger partial charge in [-0.3, -0.25) is 0 Å². The Morgan fingerprint density at radius 3 is 2.53 bits per heavy atom. The van der Waals surface area contributed by atoms with E-state index in [1.54, 1.807) is 0 Å². The molecule has 2 rings (SSSR count). The summed E-state index contributed by atoms with van der Waals surface area (Å²) < 4.78 is 5.42. The average molecular weight is 240 g/mol. The Bertz CT molecular complexity index is 305. The van der Waals surface area contributed by atoms with Gasteiger partial charge in [0.2, 0.25) is 0 Å². The Kier molecular flexibility index (Phi) is 3.10. The van der Waals surface area contributed by atoms with Gasteiger partial charge in [0.15, 0.2) is 0 Å². The number of likely N-dealkylation sites (tertiary alicyclic amines) is 1. The number of nitrogens with zero attached hydrogens (tertiary/aromatic N) is 1. The molecule has 1 atom stereocenters. The van der Waals surface area contributed by atoms with Gasteiger partial charge in [-0.2, -0.15) is 0 Å². The lowest BCUT2D eigenvalue weighted by Crippen LogP contribution is -2.59. The van der Waals surface area contributed by atoms with Crippen molar-refractivity contribution in [2.75, 3.05) is 13.1 Å². The SMILES string of the molecule is CC(C)(C)OC(=O)N1CCC(N)C2(CCC2)C1. The summed E-state index contributed by atoms with van der Waals surface area (Å²) in [5.41, 5.74) is 5.96. The van der Waals surface area contributed by atoms with Gasteiger partial charge < -0.3 is 15.4 Å². The van der Waals surface area contributed by atoms with E-state index in [9.17, 15) is 4.79 Å². The first-order valence-corrected chi connectivity index (χ1v) is 6.56. The first kappa shape index (κ1) is 12.7. The van der Waals surface area contributed by atoms with Crippen LogP contribution in [0.2, 0.25) is 0 Å². The van der Waals surface area contributed by atoms with E-state index in [2.05, 4.69) is 0 Å². The highest BCUT2D eigenvalue weighted by Crippen LogP contribution is 2.46. The number of rotatable bonds is 0. The fourth-order valence-electron chi connectivity index (χ4n) is 2.82. The van der Waals surface area contributed by atoms with Gasteiger partial charge >= 0.3 is 6.09 Å². The number of piperidine rings is 1. The lowest BCUT2D eigenvalue weighted by Gasteiger charge is -2.52. The minimum atomic E-state index is -0.413. The molecule has 1 heterocycles. The smallest absolute Gasteiger partial charge is 0.410 e. The molecule has 1 spiro atoms. The first-order valence-electron chi connectivity index (χ1n) is 6.56. The van der Waals surface area contributed by atoms with Crippen LogP contribution in [-0.4, -0.2) is 35.7 Å². The molecule has 2 N–H and O–H groups in total. The molecular weight excluding hydrogens is 216 g/mol. The average Bonchev–Trinajstić information content (AvgIpc) is 2.13. The molecule has 2 aliphatic rings. The van der Waals surface area contributed by atoms with Crippen LogP contribution in [0.4, 0.5) is 4.79 Å². The van der Waals surface area contributed by atoms with Crippen LogP contribution in [0.3, 0.4) is 0 Å². The molecule has 0 aromatic carbocycles. The predicted molar refractivity (Wildman–Crippen MR) is 66.7 cm³/mol. The summed E-state index contributed by atoms with van der Waals surface area (Å²) in [4.78, 5) is 13.9. The topological polar surface area (TPSA) is 55.6 Å². The first-order chi connectivity index (χ1) is 7.82. The molecule has 1 saturated carbocycles. The van der Waals surface area contributed by atoms with Crippen LogP contribution in [0.1, 0.15) is 46.5 Å². The highest BCUT2D eigenvalue weighted by molar-refractivity contribution is 5.68. The molecule has 0 aromatic rings. The van der Waals surface area contributed by atoms with Gasteiger partial charge in [-0.1, -0.05) is 6.42 Å². The van der Waals surface area contributed by atoms with E-state index in [-0.39, 0.29) is 17.6 Å². The molecule has 1 saturated heterocycles. The zero-order chi connectivity index (χ0) is 12.7. The van der Waals surface area contributed by atoms with Crippen LogP contribution < -0.4 is 5.73 Å². The van der Waals surface area contributed by atoms with Gasteiger partial charge in [0.05, 0.1) is 0 Å². The Balaban J connectivity index is 1.97. The second-order valence-corrected chi connectivity index (χ2v) is 6.51. The van der Waals surface area contributed by atoms with Crippen LogP contribution in [0.5, 0.6) is 0 Å². The number of carbonyl (C=O) groups excluding carboxylic acids is 1. The molecule has 1 unspecified atom stereocenters. The summed E-state index contributed by atoms with van der Waals surface area (Å²) in [6.45, 7) is 7.22. The highest BCUT2D eigenvalue weighted by Gasteiger charge is 2.47. The largest absolute Gasteiger partial charge is 0.444 e. The lowest BCUT2D eigenvalue weighted by atomic mass is 9.62. The third-order valence-electron chi connectivity index (χ3n) is 4.00.